The summed E-state index contributed by atoms with van der Waals surface area (Å²) in [5, 5.41) is 5.03. The second-order valence-corrected chi connectivity index (χ2v) is 12.0. The number of ether oxygens (including phenoxy) is 1. The van der Waals surface area contributed by atoms with Gasteiger partial charge in [0, 0.05) is 50.0 Å². The normalized spacial score (nSPS) is 27.7. The van der Waals surface area contributed by atoms with Crippen molar-refractivity contribution in [3.05, 3.63) is 77.3 Å². The minimum absolute atomic E-state index is 0.0780. The summed E-state index contributed by atoms with van der Waals surface area (Å²) in [5.41, 5.74) is 4.24. The first-order chi connectivity index (χ1) is 18.5. The monoisotopic (exact) mass is 549 g/mol. The number of piperidine rings is 1. The predicted octanol–water partition coefficient (Wildman–Crippen LogP) is 6.37. The van der Waals surface area contributed by atoms with Crippen LogP contribution in [0.5, 0.6) is 0 Å². The van der Waals surface area contributed by atoms with Crippen LogP contribution in [-0.4, -0.2) is 40.5 Å². The molecule has 0 spiro atoms. The molecule has 1 aromatic carbocycles. The minimum atomic E-state index is -0.0934. The van der Waals surface area contributed by atoms with Crippen LogP contribution in [0.3, 0.4) is 0 Å². The van der Waals surface area contributed by atoms with Crippen molar-refractivity contribution in [2.75, 3.05) is 29.5 Å². The Bertz CT molecular complexity index is 1270. The first-order valence-corrected chi connectivity index (χ1v) is 14.6. The third kappa shape index (κ3) is 5.04. The van der Waals surface area contributed by atoms with Crippen LogP contribution in [0.15, 0.2) is 60.9 Å². The highest BCUT2D eigenvalue weighted by atomic mass is 35.5. The summed E-state index contributed by atoms with van der Waals surface area (Å²) in [6.45, 7) is 8.40. The van der Waals surface area contributed by atoms with E-state index in [1.54, 1.807) is 0 Å². The van der Waals surface area contributed by atoms with Gasteiger partial charge in [-0.05, 0) is 85.8 Å². The third-order valence-electron chi connectivity index (χ3n) is 8.11. The van der Waals surface area contributed by atoms with E-state index in [1.165, 1.54) is 12.1 Å². The van der Waals surface area contributed by atoms with Crippen LogP contribution in [0.25, 0.3) is 0 Å². The Morgan fingerprint density at radius 1 is 1.11 bits per heavy atom. The van der Waals surface area contributed by atoms with E-state index in [0.717, 1.165) is 61.2 Å². The van der Waals surface area contributed by atoms with Gasteiger partial charge in [-0.25, -0.2) is 0 Å². The number of hydrogen-bond acceptors (Lipinski definition) is 4. The highest BCUT2D eigenvalue weighted by Crippen LogP contribution is 2.44. The molecule has 5 atom stereocenters. The van der Waals surface area contributed by atoms with E-state index in [-0.39, 0.29) is 18.2 Å². The molecule has 3 aliphatic rings. The van der Waals surface area contributed by atoms with Crippen LogP contribution < -0.4 is 15.1 Å². The molecule has 1 N–H and O–H groups in total. The number of nitrogens with zero attached hydrogens (tertiary/aromatic N) is 4. The molecule has 2 aromatic heterocycles. The first-order valence-electron chi connectivity index (χ1n) is 13.8. The van der Waals surface area contributed by atoms with Gasteiger partial charge in [0.15, 0.2) is 5.11 Å². The molecule has 0 bridgehead atoms. The average Bonchev–Trinajstić information content (AvgIpc) is 3.65. The second-order valence-electron chi connectivity index (χ2n) is 11.2. The zero-order chi connectivity index (χ0) is 26.2. The molecule has 200 valence electrons. The number of halogens is 1. The number of hydrogen-bond donors (Lipinski definition) is 1. The zero-order valence-corrected chi connectivity index (χ0v) is 23.7. The number of thiocarbonyl (C=S) groups is 1. The van der Waals surface area contributed by atoms with Gasteiger partial charge in [0.2, 0.25) is 0 Å². The molecule has 0 unspecified atom stereocenters. The largest absolute Gasteiger partial charge is 0.376 e. The number of rotatable bonds is 6. The summed E-state index contributed by atoms with van der Waals surface area (Å²) >= 11 is 13.0. The molecule has 6 nitrogen and oxygen atoms in total. The first kappa shape index (κ1) is 25.7. The molecule has 3 aliphatic heterocycles. The molecule has 8 heteroatoms. The SMILES string of the molecule is C[C@H]1C[C@H](C)CN(c2ccc(N3C(=S)N[C@@H](c4ccccn4)[C@@H]3c3cccn3C[C@@H]3CCCO3)cc2Cl)C1. The van der Waals surface area contributed by atoms with Gasteiger partial charge in [0.25, 0.3) is 0 Å². The van der Waals surface area contributed by atoms with E-state index >= 15 is 0 Å². The molecule has 5 heterocycles. The lowest BCUT2D eigenvalue weighted by Gasteiger charge is -2.37. The number of anilines is 2. The minimum Gasteiger partial charge on any atom is -0.376 e. The second kappa shape index (κ2) is 10.9. The van der Waals surface area contributed by atoms with E-state index < -0.39 is 0 Å². The van der Waals surface area contributed by atoms with Crippen molar-refractivity contribution >= 4 is 40.3 Å². The van der Waals surface area contributed by atoms with Crippen molar-refractivity contribution < 1.29 is 4.74 Å². The van der Waals surface area contributed by atoms with Gasteiger partial charge < -0.3 is 24.4 Å². The van der Waals surface area contributed by atoms with Gasteiger partial charge in [-0.15, -0.1) is 0 Å². The average molecular weight is 550 g/mol. The number of aromatic nitrogens is 2. The summed E-state index contributed by atoms with van der Waals surface area (Å²) in [4.78, 5) is 9.36. The summed E-state index contributed by atoms with van der Waals surface area (Å²) in [6, 6.07) is 16.6. The van der Waals surface area contributed by atoms with Crippen LogP contribution in [0, 0.1) is 11.8 Å². The highest BCUT2D eigenvalue weighted by Gasteiger charge is 2.42. The molecule has 3 fully saturated rings. The number of nitrogens with one attached hydrogen (secondary N) is 1. The molecule has 6 rings (SSSR count). The van der Waals surface area contributed by atoms with Crippen LogP contribution in [0.2, 0.25) is 5.02 Å². The highest BCUT2D eigenvalue weighted by molar-refractivity contribution is 7.80. The Balaban J connectivity index is 1.37. The molecule has 3 aromatic rings. The van der Waals surface area contributed by atoms with E-state index in [9.17, 15) is 0 Å². The van der Waals surface area contributed by atoms with Crippen molar-refractivity contribution in [2.24, 2.45) is 11.8 Å². The molecular formula is C30H36ClN5OS. The maximum absolute atomic E-state index is 6.99. The Hall–Kier alpha value is -2.61. The molecular weight excluding hydrogens is 514 g/mol. The van der Waals surface area contributed by atoms with Crippen molar-refractivity contribution in [3.8, 4) is 0 Å². The summed E-state index contributed by atoms with van der Waals surface area (Å²) in [7, 11) is 0. The topological polar surface area (TPSA) is 45.6 Å². The summed E-state index contributed by atoms with van der Waals surface area (Å²) in [6.07, 6.45) is 7.72. The van der Waals surface area contributed by atoms with Crippen molar-refractivity contribution in [1.82, 2.24) is 14.9 Å². The molecule has 0 aliphatic carbocycles. The van der Waals surface area contributed by atoms with E-state index in [1.807, 2.05) is 18.3 Å². The number of benzene rings is 1. The third-order valence-corrected chi connectivity index (χ3v) is 8.73. The fourth-order valence-corrected chi connectivity index (χ4v) is 7.21. The van der Waals surface area contributed by atoms with Gasteiger partial charge >= 0.3 is 0 Å². The predicted molar refractivity (Wildman–Crippen MR) is 158 cm³/mol. The van der Waals surface area contributed by atoms with E-state index in [4.69, 9.17) is 33.5 Å². The summed E-state index contributed by atoms with van der Waals surface area (Å²) in [5.74, 6) is 1.31. The molecule has 0 radical (unpaired) electrons. The summed E-state index contributed by atoms with van der Waals surface area (Å²) < 4.78 is 8.30. The van der Waals surface area contributed by atoms with Crippen molar-refractivity contribution in [3.63, 3.8) is 0 Å². The van der Waals surface area contributed by atoms with Gasteiger partial charge in [-0.1, -0.05) is 31.5 Å². The fraction of sp³-hybridized carbons (Fsp3) is 0.467. The van der Waals surface area contributed by atoms with Crippen LogP contribution in [-0.2, 0) is 11.3 Å². The van der Waals surface area contributed by atoms with Gasteiger partial charge in [0.1, 0.15) is 6.04 Å². The standard InChI is InChI=1S/C30H36ClN5OS/c1-20-15-21(2)18-35(17-20)26-11-10-22(16-24(26)31)36-29(28(33-30(36)38)25-8-3-4-12-32-25)27-9-5-13-34(27)19-23-7-6-14-37-23/h3-5,8-13,16,20-21,23,28-29H,6-7,14-15,17-19H2,1-2H3,(H,33,38)/t20-,21-,23-,28-,29-/m0/s1. The smallest absolute Gasteiger partial charge is 0.174 e. The van der Waals surface area contributed by atoms with E-state index in [0.29, 0.717) is 16.9 Å². The Labute approximate surface area is 235 Å². The zero-order valence-electron chi connectivity index (χ0n) is 22.1. The van der Waals surface area contributed by atoms with Gasteiger partial charge in [-0.2, -0.15) is 0 Å². The van der Waals surface area contributed by atoms with Crippen LogP contribution in [0.1, 0.15) is 56.6 Å². The lowest BCUT2D eigenvalue weighted by molar-refractivity contribution is 0.0961. The maximum Gasteiger partial charge on any atom is 0.174 e. The lowest BCUT2D eigenvalue weighted by Crippen LogP contribution is -2.39. The maximum atomic E-state index is 6.99. The lowest BCUT2D eigenvalue weighted by atomic mass is 9.91. The van der Waals surface area contributed by atoms with Crippen LogP contribution in [0.4, 0.5) is 11.4 Å². The molecule has 0 amide bonds. The van der Waals surface area contributed by atoms with Gasteiger partial charge in [-0.3, -0.25) is 4.98 Å². The quantitative estimate of drug-likeness (QED) is 0.360. The fourth-order valence-electron chi connectivity index (χ4n) is 6.56. The van der Waals surface area contributed by atoms with Crippen LogP contribution >= 0.6 is 23.8 Å². The van der Waals surface area contributed by atoms with E-state index in [2.05, 4.69) is 76.1 Å². The Kier molecular flexibility index (Phi) is 7.34. The number of pyridine rings is 1. The molecule has 38 heavy (non-hydrogen) atoms. The van der Waals surface area contributed by atoms with Crippen molar-refractivity contribution in [2.45, 2.75) is 57.8 Å². The molecule has 0 saturated carbocycles. The van der Waals surface area contributed by atoms with Crippen molar-refractivity contribution in [1.29, 1.82) is 0 Å². The Morgan fingerprint density at radius 2 is 1.95 bits per heavy atom. The Morgan fingerprint density at radius 3 is 2.66 bits per heavy atom. The molecule has 3 saturated heterocycles. The van der Waals surface area contributed by atoms with Gasteiger partial charge in [0.05, 0.1) is 28.5 Å².